The number of likely N-dealkylation sites (tertiary alicyclic amines) is 1. The Morgan fingerprint density at radius 2 is 1.73 bits per heavy atom. The van der Waals surface area contributed by atoms with E-state index in [0.717, 1.165) is 37.9 Å². The van der Waals surface area contributed by atoms with Crippen molar-refractivity contribution in [2.75, 3.05) is 19.7 Å². The molecule has 0 unspecified atom stereocenters. The summed E-state index contributed by atoms with van der Waals surface area (Å²) in [5, 5.41) is 0. The van der Waals surface area contributed by atoms with Crippen LogP contribution < -0.4 is 0 Å². The third-order valence-electron chi connectivity index (χ3n) is 7.06. The summed E-state index contributed by atoms with van der Waals surface area (Å²) in [6, 6.07) is 14.5. The van der Waals surface area contributed by atoms with Gasteiger partial charge in [0.1, 0.15) is 18.0 Å². The Labute approximate surface area is 219 Å². The van der Waals surface area contributed by atoms with Crippen molar-refractivity contribution in [2.24, 2.45) is 17.8 Å². The molecular formula is C30H38FNO5. The molecule has 1 aliphatic carbocycles. The first-order valence-electron chi connectivity index (χ1n) is 13.2. The molecule has 0 radical (unpaired) electrons. The fourth-order valence-corrected chi connectivity index (χ4v) is 5.04. The lowest BCUT2D eigenvalue weighted by Gasteiger charge is -2.31. The number of nitrogens with zero attached hydrogens (tertiary/aromatic N) is 1. The van der Waals surface area contributed by atoms with Gasteiger partial charge in [-0.25, -0.2) is 9.18 Å². The van der Waals surface area contributed by atoms with Gasteiger partial charge in [0, 0.05) is 18.7 Å². The average molecular weight is 512 g/mol. The van der Waals surface area contributed by atoms with Crippen LogP contribution in [0.5, 0.6) is 0 Å². The lowest BCUT2D eigenvalue weighted by atomic mass is 9.91. The maximum Gasteiger partial charge on any atom is 0.410 e. The molecule has 2 atom stereocenters. The lowest BCUT2D eigenvalue weighted by Crippen LogP contribution is -2.39. The molecule has 1 saturated carbocycles. The number of ether oxygens (including phenoxy) is 3. The number of esters is 1. The largest absolute Gasteiger partial charge is 0.460 e. The van der Waals surface area contributed by atoms with Gasteiger partial charge < -0.3 is 19.1 Å². The van der Waals surface area contributed by atoms with Gasteiger partial charge >= 0.3 is 12.1 Å². The number of benzene rings is 2. The molecule has 7 heteroatoms. The van der Waals surface area contributed by atoms with Crippen LogP contribution in [0.3, 0.4) is 0 Å². The number of carbonyl (C=O) groups excluding carboxylic acids is 2. The number of hydrogen-bond acceptors (Lipinski definition) is 5. The summed E-state index contributed by atoms with van der Waals surface area (Å²) >= 11 is 0. The van der Waals surface area contributed by atoms with Crippen molar-refractivity contribution >= 4 is 12.1 Å². The number of piperidine rings is 1. The van der Waals surface area contributed by atoms with E-state index in [0.29, 0.717) is 42.1 Å². The molecule has 2 aromatic rings. The summed E-state index contributed by atoms with van der Waals surface area (Å²) in [6.45, 7) is 8.01. The highest BCUT2D eigenvalue weighted by Gasteiger charge is 2.44. The van der Waals surface area contributed by atoms with E-state index < -0.39 is 5.60 Å². The van der Waals surface area contributed by atoms with Crippen LogP contribution in [0.2, 0.25) is 0 Å². The number of halogens is 1. The van der Waals surface area contributed by atoms with Crippen LogP contribution in [0, 0.1) is 23.6 Å². The molecule has 1 amide bonds. The second kappa shape index (κ2) is 12.1. The zero-order valence-corrected chi connectivity index (χ0v) is 22.1. The summed E-state index contributed by atoms with van der Waals surface area (Å²) in [5.41, 5.74) is 1.51. The molecule has 1 aliphatic heterocycles. The van der Waals surface area contributed by atoms with Crippen molar-refractivity contribution < 1.29 is 28.2 Å². The van der Waals surface area contributed by atoms with Gasteiger partial charge in [0.05, 0.1) is 19.6 Å². The van der Waals surface area contributed by atoms with Gasteiger partial charge in [-0.2, -0.15) is 0 Å². The van der Waals surface area contributed by atoms with Gasteiger partial charge in [-0.05, 0) is 75.0 Å². The van der Waals surface area contributed by atoms with Gasteiger partial charge in [-0.15, -0.1) is 0 Å². The van der Waals surface area contributed by atoms with Crippen LogP contribution in [0.25, 0.3) is 0 Å². The van der Waals surface area contributed by atoms with Gasteiger partial charge in [-0.3, -0.25) is 4.79 Å². The van der Waals surface area contributed by atoms with Gasteiger partial charge in [0.2, 0.25) is 0 Å². The van der Waals surface area contributed by atoms with Crippen molar-refractivity contribution in [3.05, 3.63) is 71.0 Å². The third kappa shape index (κ3) is 8.29. The Hall–Kier alpha value is -2.93. The number of carbonyl (C=O) groups is 2. The molecule has 2 fully saturated rings. The van der Waals surface area contributed by atoms with E-state index in [4.69, 9.17) is 14.2 Å². The van der Waals surface area contributed by atoms with Crippen LogP contribution in [-0.4, -0.2) is 42.3 Å². The topological polar surface area (TPSA) is 65.1 Å². The normalized spacial score (nSPS) is 19.9. The van der Waals surface area contributed by atoms with Gasteiger partial charge in [0.25, 0.3) is 0 Å². The first-order chi connectivity index (χ1) is 17.7. The molecular weight excluding hydrogens is 473 g/mol. The Bertz CT molecular complexity index is 1060. The summed E-state index contributed by atoms with van der Waals surface area (Å²) in [4.78, 5) is 26.2. The predicted molar refractivity (Wildman–Crippen MR) is 138 cm³/mol. The standard InChI is InChI=1S/C30H38FNO5/c1-30(2,3)37-28(33)16-22-9-10-24(27(31)15-22)19-35-20-25-17-26(25)23-11-13-32(14-12-23)29(34)36-18-21-7-5-4-6-8-21/h4-10,15,23,25-26H,11-14,16-20H2,1-3H3/t25-,26-/m1/s1. The SMILES string of the molecule is CC(C)(C)OC(=O)Cc1ccc(COC[C@H]2C[C@@H]2C2CCN(C(=O)OCc3ccccc3)CC2)c(F)c1. The Balaban J connectivity index is 1.13. The minimum atomic E-state index is -0.560. The molecule has 1 saturated heterocycles. The monoisotopic (exact) mass is 511 g/mol. The number of rotatable bonds is 9. The smallest absolute Gasteiger partial charge is 0.410 e. The van der Waals surface area contributed by atoms with E-state index in [9.17, 15) is 14.0 Å². The zero-order chi connectivity index (χ0) is 26.4. The van der Waals surface area contributed by atoms with Crippen molar-refractivity contribution in [2.45, 2.75) is 65.3 Å². The summed E-state index contributed by atoms with van der Waals surface area (Å²) in [7, 11) is 0. The second-order valence-electron chi connectivity index (χ2n) is 11.2. The van der Waals surface area contributed by atoms with Crippen LogP contribution >= 0.6 is 0 Å². The fraction of sp³-hybridized carbons (Fsp3) is 0.533. The van der Waals surface area contributed by atoms with Gasteiger partial charge in [0.15, 0.2) is 0 Å². The maximum absolute atomic E-state index is 14.5. The minimum absolute atomic E-state index is 0.0443. The van der Waals surface area contributed by atoms with Crippen LogP contribution in [-0.2, 0) is 38.6 Å². The molecule has 6 nitrogen and oxygen atoms in total. The molecule has 0 N–H and O–H groups in total. The van der Waals surface area contributed by atoms with Crippen molar-refractivity contribution in [3.8, 4) is 0 Å². The lowest BCUT2D eigenvalue weighted by molar-refractivity contribution is -0.153. The molecule has 2 aromatic carbocycles. The van der Waals surface area contributed by atoms with Crippen LogP contribution in [0.4, 0.5) is 9.18 Å². The highest BCUT2D eigenvalue weighted by Crippen LogP contribution is 2.48. The average Bonchev–Trinajstić information content (AvgIpc) is 3.63. The molecule has 2 aliphatic rings. The number of hydrogen-bond donors (Lipinski definition) is 0. The highest BCUT2D eigenvalue weighted by atomic mass is 19.1. The zero-order valence-electron chi connectivity index (χ0n) is 22.1. The Morgan fingerprint density at radius 3 is 2.41 bits per heavy atom. The fourth-order valence-electron chi connectivity index (χ4n) is 5.04. The number of amides is 1. The quantitative estimate of drug-likeness (QED) is 0.392. The molecule has 1 heterocycles. The molecule has 37 heavy (non-hydrogen) atoms. The molecule has 0 spiro atoms. The summed E-state index contributed by atoms with van der Waals surface area (Å²) in [6.07, 6.45) is 2.89. The summed E-state index contributed by atoms with van der Waals surface area (Å²) in [5.74, 6) is 0.973. The molecule has 0 bridgehead atoms. The highest BCUT2D eigenvalue weighted by molar-refractivity contribution is 5.73. The summed E-state index contributed by atoms with van der Waals surface area (Å²) < 4.78 is 31.1. The van der Waals surface area contributed by atoms with Crippen molar-refractivity contribution in [3.63, 3.8) is 0 Å². The second-order valence-corrected chi connectivity index (χ2v) is 11.2. The van der Waals surface area contributed by atoms with Crippen LogP contribution in [0.15, 0.2) is 48.5 Å². The van der Waals surface area contributed by atoms with Gasteiger partial charge in [-0.1, -0.05) is 42.5 Å². The Morgan fingerprint density at radius 1 is 1.00 bits per heavy atom. The van der Waals surface area contributed by atoms with Crippen molar-refractivity contribution in [1.82, 2.24) is 4.90 Å². The van der Waals surface area contributed by atoms with Crippen LogP contribution in [0.1, 0.15) is 56.7 Å². The minimum Gasteiger partial charge on any atom is -0.460 e. The molecule has 0 aromatic heterocycles. The first kappa shape index (κ1) is 27.1. The van der Waals surface area contributed by atoms with Crippen molar-refractivity contribution in [1.29, 1.82) is 0 Å². The third-order valence-corrected chi connectivity index (χ3v) is 7.06. The first-order valence-corrected chi connectivity index (χ1v) is 13.2. The van der Waals surface area contributed by atoms with E-state index in [1.165, 1.54) is 6.07 Å². The van der Waals surface area contributed by atoms with E-state index in [1.807, 2.05) is 56.0 Å². The molecule has 200 valence electrons. The molecule has 4 rings (SSSR count). The Kier molecular flexibility index (Phi) is 8.85. The van der Waals surface area contributed by atoms with E-state index in [-0.39, 0.29) is 30.9 Å². The van der Waals surface area contributed by atoms with E-state index in [2.05, 4.69) is 0 Å². The predicted octanol–water partition coefficient (Wildman–Crippen LogP) is 5.91. The maximum atomic E-state index is 14.5. The van der Waals surface area contributed by atoms with E-state index in [1.54, 1.807) is 12.1 Å². The van der Waals surface area contributed by atoms with E-state index >= 15 is 0 Å².